The van der Waals surface area contributed by atoms with Gasteiger partial charge in [0.25, 0.3) is 5.56 Å². The van der Waals surface area contributed by atoms with Crippen molar-refractivity contribution in [3.05, 3.63) is 20.0 Å². The topological polar surface area (TPSA) is 143 Å². The molecule has 0 saturated carbocycles. The number of nitrogens with two attached hydrogens (primary N) is 1. The number of aliphatic hydroxyl groups excluding tert-OH is 1. The molecule has 1 fully saturated rings. The van der Waals surface area contributed by atoms with E-state index in [1.807, 2.05) is 0 Å². The quantitative estimate of drug-likeness (QED) is 0.510. The first-order valence-electron chi connectivity index (χ1n) is 5.81. The van der Waals surface area contributed by atoms with Gasteiger partial charge in [-0.05, 0) is 0 Å². The zero-order valence-electron chi connectivity index (χ0n) is 10.2. The molecule has 0 spiro atoms. The van der Waals surface area contributed by atoms with Crippen LogP contribution in [0.25, 0.3) is 10.3 Å². The molecule has 10 heteroatoms. The molecule has 0 amide bonds. The number of fused-ring (bicyclic) bond motifs is 1. The average Bonchev–Trinajstić information content (AvgIpc) is 2.90. The van der Waals surface area contributed by atoms with Gasteiger partial charge in [0.15, 0.2) is 11.4 Å². The number of nitrogens with zero attached hydrogens (tertiary/aromatic N) is 2. The lowest BCUT2D eigenvalue weighted by atomic mass is 10.1. The number of nitrogen functional groups attached to an aromatic ring is 1. The van der Waals surface area contributed by atoms with Gasteiger partial charge in [-0.15, -0.1) is 0 Å². The molecule has 1 aliphatic heterocycles. The number of nitrogens with one attached hydrogen (secondary N) is 1. The lowest BCUT2D eigenvalue weighted by Crippen LogP contribution is -2.40. The van der Waals surface area contributed by atoms with E-state index in [1.54, 1.807) is 0 Å². The Kier molecular flexibility index (Phi) is 2.90. The van der Waals surface area contributed by atoms with E-state index < -0.39 is 22.3 Å². The predicted molar refractivity (Wildman–Crippen MR) is 70.5 cm³/mol. The average molecular weight is 300 g/mol. The number of thiazole rings is 1. The van der Waals surface area contributed by atoms with E-state index in [9.17, 15) is 14.7 Å². The first-order valence-corrected chi connectivity index (χ1v) is 6.63. The van der Waals surface area contributed by atoms with E-state index in [0.29, 0.717) is 11.3 Å². The normalized spacial score (nSPS) is 26.4. The van der Waals surface area contributed by atoms with Crippen molar-refractivity contribution in [3.8, 4) is 0 Å². The molecule has 0 unspecified atom stereocenters. The van der Waals surface area contributed by atoms with Crippen molar-refractivity contribution in [2.45, 2.75) is 18.2 Å². The van der Waals surface area contributed by atoms with E-state index in [1.165, 1.54) is 0 Å². The molecular weight excluding hydrogens is 288 g/mol. The molecule has 5 N–H and O–H groups in total. The molecular formula is C10H12N4O5S. The summed E-state index contributed by atoms with van der Waals surface area (Å²) in [6.45, 7) is -0.437. The zero-order valence-corrected chi connectivity index (χ0v) is 11.0. The van der Waals surface area contributed by atoms with Crippen molar-refractivity contribution in [2.75, 3.05) is 18.9 Å². The summed E-state index contributed by atoms with van der Waals surface area (Å²) in [6.07, 6.45) is -0.537. The maximum absolute atomic E-state index is 12.1. The summed E-state index contributed by atoms with van der Waals surface area (Å²) >= 11 is 0.676. The highest BCUT2D eigenvalue weighted by molar-refractivity contribution is 7.16. The van der Waals surface area contributed by atoms with Crippen LogP contribution in [0.1, 0.15) is 6.42 Å². The first kappa shape index (κ1) is 13.2. The van der Waals surface area contributed by atoms with Gasteiger partial charge in [0.1, 0.15) is 4.70 Å². The Morgan fingerprint density at radius 1 is 1.60 bits per heavy atom. The van der Waals surface area contributed by atoms with Gasteiger partial charge in [0.2, 0.25) is 5.95 Å². The Bertz CT molecular complexity index is 780. The van der Waals surface area contributed by atoms with Crippen LogP contribution in [0.15, 0.2) is 9.59 Å². The number of hydrogen-bond donors (Lipinski definition) is 4. The number of aromatic nitrogens is 3. The molecule has 1 aliphatic rings. The lowest BCUT2D eigenvalue weighted by molar-refractivity contribution is -0.0428. The number of rotatable bonds is 2. The van der Waals surface area contributed by atoms with E-state index in [0.717, 1.165) is 4.57 Å². The fourth-order valence-corrected chi connectivity index (χ4v) is 3.20. The monoisotopic (exact) mass is 300 g/mol. The third-order valence-electron chi connectivity index (χ3n) is 3.19. The number of hydrogen-bond acceptors (Lipinski definition) is 8. The van der Waals surface area contributed by atoms with Gasteiger partial charge in [-0.1, -0.05) is 11.3 Å². The molecule has 0 bridgehead atoms. The fourth-order valence-electron chi connectivity index (χ4n) is 2.30. The van der Waals surface area contributed by atoms with Crippen molar-refractivity contribution < 1.29 is 14.9 Å². The summed E-state index contributed by atoms with van der Waals surface area (Å²) in [5, 5.41) is 19.6. The van der Waals surface area contributed by atoms with E-state index in [2.05, 4.69) is 9.97 Å². The smallest absolute Gasteiger partial charge is 0.312 e. The van der Waals surface area contributed by atoms with Gasteiger partial charge >= 0.3 is 4.87 Å². The van der Waals surface area contributed by atoms with Crippen LogP contribution in [0.3, 0.4) is 0 Å². The summed E-state index contributed by atoms with van der Waals surface area (Å²) in [7, 11) is 0. The van der Waals surface area contributed by atoms with Gasteiger partial charge in [-0.25, -0.2) is 0 Å². The van der Waals surface area contributed by atoms with Crippen LogP contribution >= 0.6 is 11.3 Å². The van der Waals surface area contributed by atoms with Crippen molar-refractivity contribution in [1.82, 2.24) is 14.5 Å². The number of aliphatic hydroxyl groups is 2. The van der Waals surface area contributed by atoms with Crippen LogP contribution in [0.5, 0.6) is 0 Å². The van der Waals surface area contributed by atoms with Crippen LogP contribution in [0.4, 0.5) is 5.95 Å². The second-order valence-electron chi connectivity index (χ2n) is 4.61. The van der Waals surface area contributed by atoms with E-state index in [-0.39, 0.29) is 35.9 Å². The van der Waals surface area contributed by atoms with Gasteiger partial charge in [-0.2, -0.15) is 4.98 Å². The lowest BCUT2D eigenvalue weighted by Gasteiger charge is -2.22. The maximum atomic E-state index is 12.1. The van der Waals surface area contributed by atoms with Gasteiger partial charge in [0.05, 0.1) is 19.3 Å². The molecule has 2 aromatic rings. The molecule has 0 aliphatic carbocycles. The van der Waals surface area contributed by atoms with Crippen LogP contribution in [0.2, 0.25) is 0 Å². The molecule has 20 heavy (non-hydrogen) atoms. The molecule has 2 aromatic heterocycles. The van der Waals surface area contributed by atoms with Crippen LogP contribution in [-0.4, -0.2) is 44.1 Å². The minimum absolute atomic E-state index is 0.0194. The Morgan fingerprint density at radius 2 is 2.35 bits per heavy atom. The summed E-state index contributed by atoms with van der Waals surface area (Å²) in [5.74, 6) is -0.143. The van der Waals surface area contributed by atoms with Crippen LogP contribution < -0.4 is 16.2 Å². The van der Waals surface area contributed by atoms with Crippen molar-refractivity contribution in [3.63, 3.8) is 0 Å². The highest BCUT2D eigenvalue weighted by Crippen LogP contribution is 2.30. The second-order valence-corrected chi connectivity index (χ2v) is 5.57. The molecule has 3 heterocycles. The molecule has 3 rings (SSSR count). The first-order chi connectivity index (χ1) is 9.44. The highest BCUT2D eigenvalue weighted by atomic mass is 32.1. The second kappa shape index (κ2) is 4.38. The number of H-pyrrole nitrogens is 1. The van der Waals surface area contributed by atoms with Crippen molar-refractivity contribution in [1.29, 1.82) is 0 Å². The summed E-state index contributed by atoms with van der Waals surface area (Å²) < 4.78 is 6.30. The van der Waals surface area contributed by atoms with Crippen molar-refractivity contribution in [2.24, 2.45) is 0 Å². The minimum Gasteiger partial charge on any atom is -0.394 e. The molecule has 0 aromatic carbocycles. The molecule has 9 nitrogen and oxygen atoms in total. The van der Waals surface area contributed by atoms with Gasteiger partial charge in [-0.3, -0.25) is 19.1 Å². The molecule has 2 atom stereocenters. The van der Waals surface area contributed by atoms with Gasteiger partial charge < -0.3 is 20.7 Å². The SMILES string of the molecule is Nc1nc2c(sc(=O)n2[C@]2(O)CO[C@H](CO)C2)c(=O)[nH]1. The highest BCUT2D eigenvalue weighted by Gasteiger charge is 2.42. The van der Waals surface area contributed by atoms with E-state index >= 15 is 0 Å². The number of aromatic amines is 1. The summed E-state index contributed by atoms with van der Waals surface area (Å²) in [5.41, 5.74) is 3.31. The number of anilines is 1. The standard InChI is InChI=1S/C10H12N4O5S/c11-8-12-6-5(7(16)13-8)20-9(17)14(6)10(18)1-4(2-15)19-3-10/h4,15,18H,1-3H2,(H3,11,12,13,16)/t4-,10+/m0/s1. The minimum atomic E-state index is -1.64. The van der Waals surface area contributed by atoms with Crippen LogP contribution in [-0.2, 0) is 10.5 Å². The largest absolute Gasteiger partial charge is 0.394 e. The summed E-state index contributed by atoms with van der Waals surface area (Å²) in [4.78, 5) is 29.5. The Balaban J connectivity index is 2.24. The van der Waals surface area contributed by atoms with Crippen LogP contribution in [0, 0.1) is 0 Å². The Labute approximate surface area is 115 Å². The Morgan fingerprint density at radius 3 is 3.00 bits per heavy atom. The third kappa shape index (κ3) is 1.85. The van der Waals surface area contributed by atoms with Gasteiger partial charge in [0, 0.05) is 6.42 Å². The molecule has 108 valence electrons. The number of ether oxygens (including phenoxy) is 1. The molecule has 1 saturated heterocycles. The zero-order chi connectivity index (χ0) is 14.5. The fraction of sp³-hybridized carbons (Fsp3) is 0.500. The predicted octanol–water partition coefficient (Wildman–Crippen LogP) is -1.85. The summed E-state index contributed by atoms with van der Waals surface area (Å²) in [6, 6.07) is 0. The maximum Gasteiger partial charge on any atom is 0.312 e. The Hall–Kier alpha value is -1.75. The van der Waals surface area contributed by atoms with Crippen molar-refractivity contribution >= 4 is 27.6 Å². The van der Waals surface area contributed by atoms with E-state index in [4.69, 9.17) is 15.6 Å². The third-order valence-corrected chi connectivity index (χ3v) is 4.11. The molecule has 0 radical (unpaired) electrons.